The van der Waals surface area contributed by atoms with Crippen LogP contribution >= 0.6 is 11.6 Å². The summed E-state index contributed by atoms with van der Waals surface area (Å²) in [7, 11) is 0. The van der Waals surface area contributed by atoms with Crippen LogP contribution in [-0.2, 0) is 18.9 Å². The van der Waals surface area contributed by atoms with Gasteiger partial charge in [-0.2, -0.15) is 10.2 Å². The fraction of sp³-hybridized carbons (Fsp3) is 0.409. The Labute approximate surface area is 348 Å². The monoisotopic (exact) mass is 822 g/mol. The Kier molecular flexibility index (Phi) is 12.0. The molecule has 0 atom stereocenters. The van der Waals surface area contributed by atoms with Crippen molar-refractivity contribution >= 4 is 39.8 Å². The van der Waals surface area contributed by atoms with E-state index in [4.69, 9.17) is 35.6 Å². The summed E-state index contributed by atoms with van der Waals surface area (Å²) in [4.78, 5) is 9.15. The topological polar surface area (TPSA) is 162 Å². The molecule has 14 nitrogen and oxygen atoms in total. The zero-order chi connectivity index (χ0) is 41.1. The molecule has 6 aromatic rings. The maximum absolute atomic E-state index is 10.2. The third-order valence-corrected chi connectivity index (χ3v) is 10.3. The number of benzene rings is 2. The highest BCUT2D eigenvalue weighted by Crippen LogP contribution is 2.33. The molecule has 59 heavy (non-hydrogen) atoms. The van der Waals surface area contributed by atoms with Gasteiger partial charge in [0.15, 0.2) is 29.0 Å². The number of allylic oxidation sites excluding steroid dienone is 2. The van der Waals surface area contributed by atoms with Crippen LogP contribution < -0.4 is 10.6 Å². The van der Waals surface area contributed by atoms with E-state index in [0.717, 1.165) is 63.5 Å². The Hall–Kier alpha value is -4.93. The van der Waals surface area contributed by atoms with Crippen LogP contribution in [0.5, 0.6) is 0 Å². The number of aliphatic hydroxyl groups is 2. The Bertz CT molecular complexity index is 2410. The zero-order valence-corrected chi connectivity index (χ0v) is 34.6. The van der Waals surface area contributed by atoms with E-state index >= 15 is 0 Å². The number of imidazole rings is 2. The van der Waals surface area contributed by atoms with E-state index < -0.39 is 11.2 Å². The average Bonchev–Trinajstić information content (AvgIpc) is 4.07. The number of ether oxygens (including phenoxy) is 4. The minimum absolute atomic E-state index is 0.285. The van der Waals surface area contributed by atoms with Crippen LogP contribution in [0.1, 0.15) is 82.8 Å². The number of rotatable bonds is 11. The van der Waals surface area contributed by atoms with Gasteiger partial charge in [0.25, 0.3) is 0 Å². The molecule has 0 spiro atoms. The van der Waals surface area contributed by atoms with Crippen molar-refractivity contribution in [1.82, 2.24) is 29.2 Å². The Morgan fingerprint density at radius 3 is 1.61 bits per heavy atom. The average molecular weight is 823 g/mol. The van der Waals surface area contributed by atoms with E-state index in [-0.39, 0.29) is 12.6 Å². The summed E-state index contributed by atoms with van der Waals surface area (Å²) in [6.07, 6.45) is 9.85. The van der Waals surface area contributed by atoms with E-state index in [2.05, 4.69) is 50.0 Å². The quantitative estimate of drug-likeness (QED) is 0.100. The molecule has 0 saturated carbocycles. The summed E-state index contributed by atoms with van der Waals surface area (Å²) < 4.78 is 25.9. The predicted molar refractivity (Wildman–Crippen MR) is 227 cm³/mol. The van der Waals surface area contributed by atoms with Crippen molar-refractivity contribution in [2.45, 2.75) is 77.2 Å². The molecule has 6 heterocycles. The fourth-order valence-electron chi connectivity index (χ4n) is 7.14. The lowest BCUT2D eigenvalue weighted by Gasteiger charge is -2.20. The summed E-state index contributed by atoms with van der Waals surface area (Å²) in [5, 5.41) is 36.5. The van der Waals surface area contributed by atoms with Crippen molar-refractivity contribution in [1.29, 1.82) is 0 Å². The number of halogens is 1. The highest BCUT2D eigenvalue weighted by Gasteiger charge is 2.22. The van der Waals surface area contributed by atoms with Gasteiger partial charge >= 0.3 is 0 Å². The van der Waals surface area contributed by atoms with E-state index in [1.165, 1.54) is 18.4 Å². The van der Waals surface area contributed by atoms with E-state index in [1.807, 2.05) is 47.1 Å². The SMILES string of the molecule is CC(C)(O)CNc1cc(C2=CCCCC2)nn2c(-c3ccc(C4OCCO4)cc3)cnc12.CC(C)(O)CNc1cc(Cl)nn2c(-c3ccc(C4OCCO4)cc3)cnc12. The maximum atomic E-state index is 10.2. The zero-order valence-electron chi connectivity index (χ0n) is 33.8. The standard InChI is InChI=1S/C25H30N4O3.C19H21ClN4O3/c1-25(2,30)16-27-21-14-20(17-6-4-3-5-7-17)28-29-22(15-26-23(21)29)18-8-10-19(11-9-18)24-31-12-13-32-24;1-19(2,25)11-22-14-9-16(20)23-24-15(10-21-17(14)24)12-3-5-13(6-4-12)18-26-7-8-27-18/h6,8-11,14-15,24,27,30H,3-5,7,12-13,16H2,1-2H3;3-6,9-10,18,22,25H,7-8,11H2,1-2H3. The molecular weight excluding hydrogens is 772 g/mol. The molecular formula is C44H51ClN8O6. The summed E-state index contributed by atoms with van der Waals surface area (Å²) in [6.45, 7) is 10.3. The molecule has 2 aliphatic heterocycles. The van der Waals surface area contributed by atoms with Gasteiger partial charge in [-0.05, 0) is 65.0 Å². The van der Waals surface area contributed by atoms with Gasteiger partial charge in [-0.25, -0.2) is 19.0 Å². The molecule has 15 heteroatoms. The Morgan fingerprint density at radius 2 is 1.15 bits per heavy atom. The lowest BCUT2D eigenvalue weighted by atomic mass is 9.97. The first-order valence-corrected chi connectivity index (χ1v) is 20.5. The van der Waals surface area contributed by atoms with Crippen LogP contribution in [0.2, 0.25) is 5.15 Å². The predicted octanol–water partition coefficient (Wildman–Crippen LogP) is 7.86. The number of fused-ring (bicyclic) bond motifs is 2. The van der Waals surface area contributed by atoms with Crippen LogP contribution in [0.15, 0.2) is 79.1 Å². The number of aromatic nitrogens is 6. The van der Waals surface area contributed by atoms with Gasteiger partial charge in [0.05, 0.1) is 78.5 Å². The van der Waals surface area contributed by atoms with Crippen molar-refractivity contribution in [3.63, 3.8) is 0 Å². The summed E-state index contributed by atoms with van der Waals surface area (Å²) in [6, 6.07) is 19.9. The maximum Gasteiger partial charge on any atom is 0.184 e. The van der Waals surface area contributed by atoms with Crippen molar-refractivity contribution in [3.05, 3.63) is 101 Å². The Morgan fingerprint density at radius 1 is 0.678 bits per heavy atom. The highest BCUT2D eigenvalue weighted by atomic mass is 35.5. The Balaban J connectivity index is 0.000000167. The second kappa shape index (κ2) is 17.3. The van der Waals surface area contributed by atoms with Gasteiger partial charge in [-0.15, -0.1) is 0 Å². The molecule has 2 saturated heterocycles. The molecule has 4 aromatic heterocycles. The normalized spacial score (nSPS) is 16.7. The number of nitrogens with zero attached hydrogens (tertiary/aromatic N) is 6. The molecule has 4 N–H and O–H groups in total. The third kappa shape index (κ3) is 9.76. The minimum Gasteiger partial charge on any atom is -0.389 e. The molecule has 310 valence electrons. The van der Waals surface area contributed by atoms with Gasteiger partial charge in [0, 0.05) is 41.4 Å². The number of nitrogens with one attached hydrogen (secondary N) is 2. The second-order valence-corrected chi connectivity index (χ2v) is 16.7. The molecule has 0 unspecified atom stereocenters. The van der Waals surface area contributed by atoms with Crippen LogP contribution in [-0.4, -0.2) is 90.1 Å². The van der Waals surface area contributed by atoms with E-state index in [9.17, 15) is 10.2 Å². The number of anilines is 2. The smallest absolute Gasteiger partial charge is 0.184 e. The van der Waals surface area contributed by atoms with Crippen LogP contribution in [0.25, 0.3) is 39.4 Å². The van der Waals surface area contributed by atoms with Gasteiger partial charge in [-0.1, -0.05) is 66.2 Å². The van der Waals surface area contributed by atoms with Gasteiger partial charge in [0.1, 0.15) is 0 Å². The number of hydrogen-bond acceptors (Lipinski definition) is 12. The van der Waals surface area contributed by atoms with Crippen molar-refractivity contribution in [3.8, 4) is 22.5 Å². The van der Waals surface area contributed by atoms with Crippen LogP contribution in [0.4, 0.5) is 11.4 Å². The summed E-state index contributed by atoms with van der Waals surface area (Å²) in [5.41, 5.74) is 9.22. The molecule has 0 bridgehead atoms. The molecule has 2 fully saturated rings. The molecule has 2 aromatic carbocycles. The number of hydrogen-bond donors (Lipinski definition) is 4. The van der Waals surface area contributed by atoms with Crippen molar-refractivity contribution in [2.75, 3.05) is 50.2 Å². The van der Waals surface area contributed by atoms with E-state index in [1.54, 1.807) is 44.5 Å². The molecule has 3 aliphatic rings. The van der Waals surface area contributed by atoms with Crippen molar-refractivity contribution in [2.24, 2.45) is 0 Å². The lowest BCUT2D eigenvalue weighted by Crippen LogP contribution is -2.29. The first kappa shape index (κ1) is 40.8. The summed E-state index contributed by atoms with van der Waals surface area (Å²) in [5.74, 6) is 0. The highest BCUT2D eigenvalue weighted by molar-refractivity contribution is 6.29. The van der Waals surface area contributed by atoms with Crippen molar-refractivity contribution < 1.29 is 29.2 Å². The van der Waals surface area contributed by atoms with Crippen LogP contribution in [0, 0.1) is 0 Å². The first-order chi connectivity index (χ1) is 28.4. The fourth-order valence-corrected chi connectivity index (χ4v) is 7.32. The molecule has 1 aliphatic carbocycles. The third-order valence-electron chi connectivity index (χ3n) is 10.1. The van der Waals surface area contributed by atoms with Gasteiger partial charge in [0.2, 0.25) is 0 Å². The summed E-state index contributed by atoms with van der Waals surface area (Å²) >= 11 is 6.21. The second-order valence-electron chi connectivity index (χ2n) is 16.3. The molecule has 0 radical (unpaired) electrons. The minimum atomic E-state index is -0.859. The lowest BCUT2D eigenvalue weighted by molar-refractivity contribution is -0.0443. The van der Waals surface area contributed by atoms with Gasteiger partial charge < -0.3 is 39.8 Å². The largest absolute Gasteiger partial charge is 0.389 e. The first-order valence-electron chi connectivity index (χ1n) is 20.1. The van der Waals surface area contributed by atoms with Crippen LogP contribution in [0.3, 0.4) is 0 Å². The molecule has 0 amide bonds. The molecule has 9 rings (SSSR count). The van der Waals surface area contributed by atoms with E-state index in [0.29, 0.717) is 56.0 Å². The van der Waals surface area contributed by atoms with Gasteiger partial charge in [-0.3, -0.25) is 0 Å².